The van der Waals surface area contributed by atoms with Crippen molar-refractivity contribution < 1.29 is 29.6 Å². The third-order valence-electron chi connectivity index (χ3n) is 2.72. The van der Waals surface area contributed by atoms with E-state index in [1.165, 1.54) is 6.92 Å². The van der Waals surface area contributed by atoms with Crippen molar-refractivity contribution in [2.75, 3.05) is 6.61 Å². The van der Waals surface area contributed by atoms with E-state index >= 15 is 0 Å². The molecule has 5 atom stereocenters. The lowest BCUT2D eigenvalue weighted by molar-refractivity contribution is -0.292. The summed E-state index contributed by atoms with van der Waals surface area (Å²) in [6.45, 7) is 6.24. The number of rotatable bonds is 3. The molecule has 0 saturated carbocycles. The first kappa shape index (κ1) is 16.3. The maximum absolute atomic E-state index is 11.2. The van der Waals surface area contributed by atoms with Gasteiger partial charge in [-0.05, 0) is 20.8 Å². The van der Waals surface area contributed by atoms with E-state index < -0.39 is 42.9 Å². The van der Waals surface area contributed by atoms with Crippen molar-refractivity contribution >= 4 is 5.91 Å². The van der Waals surface area contributed by atoms with Gasteiger partial charge in [0.2, 0.25) is 5.91 Å². The van der Waals surface area contributed by atoms with E-state index in [2.05, 4.69) is 5.32 Å². The minimum atomic E-state index is -1.29. The number of nitrogens with one attached hydrogen (secondary N) is 1. The Labute approximate surface area is 112 Å². The largest absolute Gasteiger partial charge is 0.394 e. The smallest absolute Gasteiger partial charge is 0.217 e. The predicted octanol–water partition coefficient (Wildman–Crippen LogP) is -1.25. The van der Waals surface area contributed by atoms with Gasteiger partial charge in [-0.15, -0.1) is 0 Å². The van der Waals surface area contributed by atoms with Crippen LogP contribution in [0, 0.1) is 0 Å². The summed E-state index contributed by atoms with van der Waals surface area (Å²) in [5.41, 5.74) is -0.566. The Morgan fingerprint density at radius 3 is 2.32 bits per heavy atom. The first-order valence-electron chi connectivity index (χ1n) is 6.23. The van der Waals surface area contributed by atoms with Gasteiger partial charge >= 0.3 is 0 Å². The topological polar surface area (TPSA) is 108 Å². The summed E-state index contributed by atoms with van der Waals surface area (Å²) in [4.78, 5) is 11.2. The molecular weight excluding hydrogens is 254 g/mol. The molecule has 1 saturated heterocycles. The summed E-state index contributed by atoms with van der Waals surface area (Å²) >= 11 is 0. The molecule has 1 amide bonds. The minimum absolute atomic E-state index is 0.371. The van der Waals surface area contributed by atoms with Crippen molar-refractivity contribution in [3.8, 4) is 0 Å². The van der Waals surface area contributed by atoms with Crippen molar-refractivity contribution in [1.29, 1.82) is 0 Å². The van der Waals surface area contributed by atoms with Crippen molar-refractivity contribution in [3.63, 3.8) is 0 Å². The lowest BCUT2D eigenvalue weighted by atomic mass is 9.96. The minimum Gasteiger partial charge on any atom is -0.394 e. The SMILES string of the molecule is CC(=O)N[C@@H]1[C@@H](OC(C)(C)C)O[C@@H](CO)[C@@H](O)[C@@H]1O. The fraction of sp³-hybridized carbons (Fsp3) is 0.917. The van der Waals surface area contributed by atoms with Gasteiger partial charge in [-0.3, -0.25) is 4.79 Å². The number of hydrogen-bond acceptors (Lipinski definition) is 6. The molecule has 7 nitrogen and oxygen atoms in total. The van der Waals surface area contributed by atoms with E-state index in [9.17, 15) is 15.0 Å². The monoisotopic (exact) mass is 277 g/mol. The van der Waals surface area contributed by atoms with Crippen LogP contribution in [0.1, 0.15) is 27.7 Å². The third kappa shape index (κ3) is 4.39. The maximum atomic E-state index is 11.2. The van der Waals surface area contributed by atoms with Crippen LogP contribution < -0.4 is 5.32 Å². The highest BCUT2D eigenvalue weighted by Gasteiger charge is 2.46. The molecule has 0 aromatic heterocycles. The summed E-state index contributed by atoms with van der Waals surface area (Å²) in [6.07, 6.45) is -4.46. The maximum Gasteiger partial charge on any atom is 0.217 e. The molecule has 0 aromatic carbocycles. The molecule has 4 N–H and O–H groups in total. The highest BCUT2D eigenvalue weighted by Crippen LogP contribution is 2.25. The molecule has 1 rings (SSSR count). The van der Waals surface area contributed by atoms with Gasteiger partial charge in [-0.1, -0.05) is 0 Å². The standard InChI is InChI=1S/C12H23NO6/c1-6(15)13-8-10(17)9(16)7(5-14)18-11(8)19-12(2,3)4/h7-11,14,16-17H,5H2,1-4H3,(H,13,15)/t7-,8-,9+,10+,11+/m0/s1. The molecule has 1 heterocycles. The van der Waals surface area contributed by atoms with Gasteiger partial charge in [-0.25, -0.2) is 0 Å². The number of amides is 1. The van der Waals surface area contributed by atoms with Crippen LogP contribution in [-0.2, 0) is 14.3 Å². The van der Waals surface area contributed by atoms with Crippen LogP contribution in [0.3, 0.4) is 0 Å². The molecule has 1 fully saturated rings. The van der Waals surface area contributed by atoms with Gasteiger partial charge in [0.25, 0.3) is 0 Å². The van der Waals surface area contributed by atoms with Gasteiger partial charge in [0.1, 0.15) is 24.4 Å². The van der Waals surface area contributed by atoms with Gasteiger partial charge in [0.05, 0.1) is 12.2 Å². The highest BCUT2D eigenvalue weighted by molar-refractivity contribution is 5.73. The van der Waals surface area contributed by atoms with Crippen molar-refractivity contribution in [2.45, 2.75) is 63.9 Å². The van der Waals surface area contributed by atoms with E-state index in [0.29, 0.717) is 0 Å². The first-order chi connectivity index (χ1) is 8.65. The number of aliphatic hydroxyl groups is 3. The van der Waals surface area contributed by atoms with Gasteiger partial charge < -0.3 is 30.1 Å². The Hall–Kier alpha value is -0.730. The number of hydrogen-bond donors (Lipinski definition) is 4. The van der Waals surface area contributed by atoms with E-state index in [1.54, 1.807) is 20.8 Å². The summed E-state index contributed by atoms with van der Waals surface area (Å²) in [6, 6.07) is -0.894. The molecule has 0 unspecified atom stereocenters. The zero-order valence-electron chi connectivity index (χ0n) is 11.7. The van der Waals surface area contributed by atoms with E-state index in [1.807, 2.05) is 0 Å². The molecule has 19 heavy (non-hydrogen) atoms. The lowest BCUT2D eigenvalue weighted by Crippen LogP contribution is -2.65. The Bertz CT molecular complexity index is 316. The molecule has 0 radical (unpaired) electrons. The molecule has 0 spiro atoms. The number of carbonyl (C=O) groups is 1. The van der Waals surface area contributed by atoms with Gasteiger partial charge in [0, 0.05) is 6.92 Å². The fourth-order valence-electron chi connectivity index (χ4n) is 1.92. The highest BCUT2D eigenvalue weighted by atomic mass is 16.7. The predicted molar refractivity (Wildman–Crippen MR) is 66.2 cm³/mol. The fourth-order valence-corrected chi connectivity index (χ4v) is 1.92. The van der Waals surface area contributed by atoms with Crippen LogP contribution in [-0.4, -0.2) is 64.1 Å². The van der Waals surface area contributed by atoms with E-state index in [0.717, 1.165) is 0 Å². The molecule has 1 aliphatic heterocycles. The number of aliphatic hydroxyl groups excluding tert-OH is 3. The summed E-state index contributed by atoms with van der Waals surface area (Å²) in [5, 5.41) is 31.4. The zero-order valence-corrected chi connectivity index (χ0v) is 11.7. The second-order valence-electron chi connectivity index (χ2n) is 5.66. The Balaban J connectivity index is 2.89. The van der Waals surface area contributed by atoms with E-state index in [4.69, 9.17) is 14.6 Å². The van der Waals surface area contributed by atoms with Crippen LogP contribution in [0.5, 0.6) is 0 Å². The lowest BCUT2D eigenvalue weighted by Gasteiger charge is -2.44. The van der Waals surface area contributed by atoms with Crippen molar-refractivity contribution in [1.82, 2.24) is 5.32 Å². The molecular formula is C12H23NO6. The Kier molecular flexibility index (Phi) is 5.28. The summed E-state index contributed by atoms with van der Waals surface area (Å²) < 4.78 is 11.0. The van der Waals surface area contributed by atoms with Gasteiger partial charge in [0.15, 0.2) is 6.29 Å². The van der Waals surface area contributed by atoms with Crippen molar-refractivity contribution in [2.24, 2.45) is 0 Å². The molecule has 112 valence electrons. The second kappa shape index (κ2) is 6.15. The molecule has 1 aliphatic rings. The molecule has 0 aliphatic carbocycles. The average molecular weight is 277 g/mol. The molecule has 7 heteroatoms. The molecule has 0 bridgehead atoms. The second-order valence-corrected chi connectivity index (χ2v) is 5.66. The summed E-state index contributed by atoms with van der Waals surface area (Å²) in [7, 11) is 0. The van der Waals surface area contributed by atoms with E-state index in [-0.39, 0.29) is 5.91 Å². The third-order valence-corrected chi connectivity index (χ3v) is 2.72. The zero-order chi connectivity index (χ0) is 14.8. The van der Waals surface area contributed by atoms with Crippen LogP contribution in [0.2, 0.25) is 0 Å². The van der Waals surface area contributed by atoms with Crippen molar-refractivity contribution in [3.05, 3.63) is 0 Å². The van der Waals surface area contributed by atoms with Crippen LogP contribution >= 0.6 is 0 Å². The number of ether oxygens (including phenoxy) is 2. The molecule has 0 aromatic rings. The first-order valence-corrected chi connectivity index (χ1v) is 6.23. The van der Waals surface area contributed by atoms with Crippen LogP contribution in [0.4, 0.5) is 0 Å². The Morgan fingerprint density at radius 2 is 1.89 bits per heavy atom. The quantitative estimate of drug-likeness (QED) is 0.513. The Morgan fingerprint density at radius 1 is 1.32 bits per heavy atom. The van der Waals surface area contributed by atoms with Crippen LogP contribution in [0.15, 0.2) is 0 Å². The normalized spacial score (nSPS) is 36.1. The van der Waals surface area contributed by atoms with Crippen LogP contribution in [0.25, 0.3) is 0 Å². The van der Waals surface area contributed by atoms with Gasteiger partial charge in [-0.2, -0.15) is 0 Å². The summed E-state index contributed by atoms with van der Waals surface area (Å²) in [5.74, 6) is -0.371. The average Bonchev–Trinajstić information content (AvgIpc) is 2.26. The number of carbonyl (C=O) groups excluding carboxylic acids is 1.